The Hall–Kier alpha value is -4.14. The van der Waals surface area contributed by atoms with Crippen LogP contribution in [0.3, 0.4) is 0 Å². The van der Waals surface area contributed by atoms with Crippen molar-refractivity contribution in [1.82, 2.24) is 15.2 Å². The molecule has 2 aromatic heterocycles. The molecule has 0 unspecified atom stereocenters. The largest absolute Gasteiger partial charge is 0.393 e. The normalized spacial score (nSPS) is 17.4. The average molecular weight is 522 g/mol. The Bertz CT molecular complexity index is 1610. The third-order valence-electron chi connectivity index (χ3n) is 7.10. The second-order valence-electron chi connectivity index (χ2n) is 9.61. The zero-order chi connectivity index (χ0) is 26.1. The van der Waals surface area contributed by atoms with Crippen LogP contribution in [-0.4, -0.2) is 38.3 Å². The van der Waals surface area contributed by atoms with Crippen LogP contribution < -0.4 is 11.1 Å². The second kappa shape index (κ2) is 10.3. The number of benzene rings is 3. The average Bonchev–Trinajstić information content (AvgIpc) is 3.44. The zero-order valence-electron chi connectivity index (χ0n) is 20.7. The number of hydrogen-bond acceptors (Lipinski definition) is 7. The van der Waals surface area contributed by atoms with Gasteiger partial charge < -0.3 is 16.2 Å². The maximum absolute atomic E-state index is 12.2. The van der Waals surface area contributed by atoms with E-state index in [1.54, 1.807) is 23.6 Å². The van der Waals surface area contributed by atoms with Gasteiger partial charge in [-0.1, -0.05) is 65.9 Å². The number of hydrogen-bond donors (Lipinski definition) is 3. The van der Waals surface area contributed by atoms with Gasteiger partial charge in [0.1, 0.15) is 10.0 Å². The highest BCUT2D eigenvalue weighted by atomic mass is 32.1. The van der Waals surface area contributed by atoms with Crippen LogP contribution in [0.1, 0.15) is 36.0 Å². The molecule has 0 aliphatic heterocycles. The van der Waals surface area contributed by atoms with E-state index in [-0.39, 0.29) is 12.1 Å². The first-order valence-corrected chi connectivity index (χ1v) is 13.5. The standard InChI is InChI=1S/C30H27N5O2S/c31-28(37)25-14-9-19(17-26(25)33-20-10-12-21(36)13-11-20)27-23-7-4-8-24(22(23)15-16-32-27)30-35-34-29(38-30)18-5-2-1-3-6-18/h1-9,14-17,20-21,33,36H,10-13H2,(H2,31,37). The smallest absolute Gasteiger partial charge is 0.250 e. The van der Waals surface area contributed by atoms with Crippen LogP contribution in [0, 0.1) is 0 Å². The molecular formula is C30H27N5O2S. The molecule has 1 saturated carbocycles. The highest BCUT2D eigenvalue weighted by Gasteiger charge is 2.22. The molecule has 38 heavy (non-hydrogen) atoms. The monoisotopic (exact) mass is 521 g/mol. The van der Waals surface area contributed by atoms with Gasteiger partial charge in [0.15, 0.2) is 0 Å². The summed E-state index contributed by atoms with van der Waals surface area (Å²) in [6, 6.07) is 24.0. The van der Waals surface area contributed by atoms with Gasteiger partial charge in [-0.3, -0.25) is 9.78 Å². The number of pyridine rings is 1. The van der Waals surface area contributed by atoms with Crippen LogP contribution in [-0.2, 0) is 0 Å². The second-order valence-corrected chi connectivity index (χ2v) is 10.6. The third kappa shape index (κ3) is 4.76. The molecule has 5 aromatic rings. The van der Waals surface area contributed by atoms with Crippen molar-refractivity contribution in [2.75, 3.05) is 5.32 Å². The zero-order valence-corrected chi connectivity index (χ0v) is 21.5. The van der Waals surface area contributed by atoms with Gasteiger partial charge in [0.25, 0.3) is 5.91 Å². The van der Waals surface area contributed by atoms with E-state index in [9.17, 15) is 9.90 Å². The molecule has 1 fully saturated rings. The summed E-state index contributed by atoms with van der Waals surface area (Å²) in [6.45, 7) is 0. The summed E-state index contributed by atoms with van der Waals surface area (Å²) in [5, 5.41) is 26.1. The molecule has 1 aliphatic carbocycles. The molecule has 3 aromatic carbocycles. The number of nitrogens with one attached hydrogen (secondary N) is 1. The van der Waals surface area contributed by atoms with Crippen LogP contribution in [0.4, 0.5) is 5.69 Å². The van der Waals surface area contributed by atoms with Gasteiger partial charge in [0.05, 0.1) is 17.4 Å². The number of nitrogens with zero attached hydrogens (tertiary/aromatic N) is 3. The Morgan fingerprint density at radius 1 is 0.868 bits per heavy atom. The minimum Gasteiger partial charge on any atom is -0.393 e. The molecule has 0 atom stereocenters. The van der Waals surface area contributed by atoms with Gasteiger partial charge in [-0.25, -0.2) is 0 Å². The van der Waals surface area contributed by atoms with E-state index >= 15 is 0 Å². The van der Waals surface area contributed by atoms with Crippen LogP contribution in [0.5, 0.6) is 0 Å². The van der Waals surface area contributed by atoms with Gasteiger partial charge in [-0.05, 0) is 49.3 Å². The van der Waals surface area contributed by atoms with Crippen molar-refractivity contribution in [2.45, 2.75) is 37.8 Å². The van der Waals surface area contributed by atoms with Gasteiger partial charge >= 0.3 is 0 Å². The number of primary amides is 1. The molecule has 0 radical (unpaired) electrons. The number of fused-ring (bicyclic) bond motifs is 1. The van der Waals surface area contributed by atoms with Gasteiger partial charge in [0.2, 0.25) is 0 Å². The molecule has 7 nitrogen and oxygen atoms in total. The van der Waals surface area contributed by atoms with Gasteiger partial charge in [-0.2, -0.15) is 0 Å². The molecule has 6 rings (SSSR count). The summed E-state index contributed by atoms with van der Waals surface area (Å²) in [4.78, 5) is 16.9. The molecule has 1 aliphatic rings. The lowest BCUT2D eigenvalue weighted by atomic mass is 9.92. The van der Waals surface area contributed by atoms with Crippen molar-refractivity contribution in [1.29, 1.82) is 0 Å². The van der Waals surface area contributed by atoms with Crippen molar-refractivity contribution >= 4 is 33.7 Å². The fourth-order valence-corrected chi connectivity index (χ4v) is 6.01. The quantitative estimate of drug-likeness (QED) is 0.256. The van der Waals surface area contributed by atoms with Crippen LogP contribution in [0.15, 0.2) is 79.0 Å². The van der Waals surface area contributed by atoms with E-state index in [1.807, 2.05) is 54.6 Å². The van der Waals surface area contributed by atoms with E-state index in [4.69, 9.17) is 10.7 Å². The predicted octanol–water partition coefficient (Wildman–Crippen LogP) is 5.90. The number of aromatic nitrogens is 3. The van der Waals surface area contributed by atoms with Crippen molar-refractivity contribution in [3.05, 3.63) is 84.6 Å². The van der Waals surface area contributed by atoms with Crippen LogP contribution in [0.25, 0.3) is 43.2 Å². The van der Waals surface area contributed by atoms with Crippen LogP contribution >= 0.6 is 11.3 Å². The molecule has 0 spiro atoms. The molecule has 4 N–H and O–H groups in total. The van der Waals surface area contributed by atoms with Crippen molar-refractivity contribution in [3.63, 3.8) is 0 Å². The Balaban J connectivity index is 1.39. The summed E-state index contributed by atoms with van der Waals surface area (Å²) in [7, 11) is 0. The highest BCUT2D eigenvalue weighted by Crippen LogP contribution is 2.37. The summed E-state index contributed by atoms with van der Waals surface area (Å²) < 4.78 is 0. The lowest BCUT2D eigenvalue weighted by Gasteiger charge is -2.28. The first kappa shape index (κ1) is 24.2. The van der Waals surface area contributed by atoms with Crippen molar-refractivity contribution in [3.8, 4) is 32.4 Å². The minimum atomic E-state index is -0.478. The number of aliphatic hydroxyl groups excluding tert-OH is 1. The Morgan fingerprint density at radius 2 is 1.66 bits per heavy atom. The topological polar surface area (TPSA) is 114 Å². The summed E-state index contributed by atoms with van der Waals surface area (Å²) in [5.74, 6) is -0.478. The summed E-state index contributed by atoms with van der Waals surface area (Å²) in [6.07, 6.45) is 4.72. The number of carbonyl (C=O) groups is 1. The summed E-state index contributed by atoms with van der Waals surface area (Å²) >= 11 is 1.56. The number of nitrogens with two attached hydrogens (primary N) is 1. The SMILES string of the molecule is NC(=O)c1ccc(-c2nccc3c(-c4nnc(-c5ccccc5)s4)cccc23)cc1NC1CCC(O)CC1. The first-order chi connectivity index (χ1) is 18.6. The Kier molecular flexibility index (Phi) is 6.57. The maximum Gasteiger partial charge on any atom is 0.250 e. The predicted molar refractivity (Wildman–Crippen MR) is 152 cm³/mol. The number of carbonyl (C=O) groups excluding carboxylic acids is 1. The van der Waals surface area contributed by atoms with E-state index in [2.05, 4.69) is 27.6 Å². The minimum absolute atomic E-state index is 0.176. The third-order valence-corrected chi connectivity index (χ3v) is 8.10. The van der Waals surface area contributed by atoms with E-state index in [0.29, 0.717) is 11.3 Å². The number of aliphatic hydroxyl groups is 1. The molecular weight excluding hydrogens is 494 g/mol. The molecule has 0 saturated heterocycles. The van der Waals surface area contributed by atoms with Gasteiger partial charge in [0, 0.05) is 40.0 Å². The number of rotatable bonds is 6. The molecule has 2 heterocycles. The summed E-state index contributed by atoms with van der Waals surface area (Å²) in [5.41, 5.74) is 10.6. The van der Waals surface area contributed by atoms with Crippen molar-refractivity contribution < 1.29 is 9.90 Å². The number of anilines is 1. The maximum atomic E-state index is 12.2. The Labute approximate surface area is 224 Å². The molecule has 1 amide bonds. The van der Waals surface area contributed by atoms with E-state index < -0.39 is 5.91 Å². The highest BCUT2D eigenvalue weighted by molar-refractivity contribution is 7.18. The van der Waals surface area contributed by atoms with E-state index in [0.717, 1.165) is 68.9 Å². The lowest BCUT2D eigenvalue weighted by molar-refractivity contribution is 0.100. The molecule has 8 heteroatoms. The van der Waals surface area contributed by atoms with Crippen molar-refractivity contribution in [2.24, 2.45) is 5.73 Å². The van der Waals surface area contributed by atoms with Crippen LogP contribution in [0.2, 0.25) is 0 Å². The fourth-order valence-electron chi connectivity index (χ4n) is 5.12. The first-order valence-electron chi connectivity index (χ1n) is 12.7. The number of amides is 1. The Morgan fingerprint density at radius 3 is 2.45 bits per heavy atom. The fraction of sp³-hybridized carbons (Fsp3) is 0.200. The van der Waals surface area contributed by atoms with E-state index in [1.165, 1.54) is 0 Å². The molecule has 190 valence electrons. The van der Waals surface area contributed by atoms with Gasteiger partial charge in [-0.15, -0.1) is 10.2 Å². The molecule has 0 bridgehead atoms. The lowest BCUT2D eigenvalue weighted by Crippen LogP contribution is -2.29.